The lowest BCUT2D eigenvalue weighted by atomic mass is 10.0. The lowest BCUT2D eigenvalue weighted by molar-refractivity contribution is -0.136. The molecule has 4 N–H and O–H groups in total. The van der Waals surface area contributed by atoms with Crippen molar-refractivity contribution in [1.29, 1.82) is 0 Å². The second-order valence-corrected chi connectivity index (χ2v) is 4.03. The van der Waals surface area contributed by atoms with Gasteiger partial charge in [-0.3, -0.25) is 9.59 Å². The third-order valence-corrected chi connectivity index (χ3v) is 2.38. The molecule has 0 aliphatic rings. The first kappa shape index (κ1) is 17.6. The Labute approximate surface area is 115 Å². The number of carbonyl (C=O) groups excluding carboxylic acids is 2. The van der Waals surface area contributed by atoms with Crippen LogP contribution in [0.25, 0.3) is 0 Å². The first-order valence-corrected chi connectivity index (χ1v) is 5.93. The molecule has 0 rings (SSSR count). The Kier molecular flexibility index (Phi) is 7.64. The van der Waals surface area contributed by atoms with Crippen LogP contribution in [-0.4, -0.2) is 47.1 Å². The molecule has 112 valence electrons. The molecular formula is C12H18N2O6. The molecule has 0 aliphatic heterocycles. The zero-order valence-corrected chi connectivity index (χ0v) is 11.4. The van der Waals surface area contributed by atoms with E-state index in [9.17, 15) is 19.2 Å². The summed E-state index contributed by atoms with van der Waals surface area (Å²) in [5.74, 6) is -3.36. The van der Waals surface area contributed by atoms with Crippen LogP contribution < -0.4 is 10.6 Å². The zero-order valence-electron chi connectivity index (χ0n) is 11.4. The Morgan fingerprint density at radius 3 is 1.25 bits per heavy atom. The molecule has 0 radical (unpaired) electrons. The van der Waals surface area contributed by atoms with Crippen molar-refractivity contribution in [2.24, 2.45) is 0 Å². The monoisotopic (exact) mass is 286 g/mol. The van der Waals surface area contributed by atoms with E-state index in [0.717, 1.165) is 0 Å². The number of carboxylic acid groups (broad SMARTS) is 2. The molecule has 8 heteroatoms. The van der Waals surface area contributed by atoms with Crippen LogP contribution in [0.15, 0.2) is 11.1 Å². The predicted octanol–water partition coefficient (Wildman–Crippen LogP) is -0.495. The highest BCUT2D eigenvalue weighted by atomic mass is 16.4. The van der Waals surface area contributed by atoms with E-state index in [0.29, 0.717) is 0 Å². The van der Waals surface area contributed by atoms with Gasteiger partial charge in [0, 0.05) is 38.1 Å². The van der Waals surface area contributed by atoms with E-state index in [4.69, 9.17) is 10.2 Å². The fraction of sp³-hybridized carbons (Fsp3) is 0.500. The maximum Gasteiger partial charge on any atom is 0.332 e. The van der Waals surface area contributed by atoms with E-state index in [1.807, 2.05) is 0 Å². The van der Waals surface area contributed by atoms with Crippen LogP contribution in [0.3, 0.4) is 0 Å². The molecule has 0 bridgehead atoms. The molecule has 2 amide bonds. The van der Waals surface area contributed by atoms with Crippen molar-refractivity contribution >= 4 is 23.8 Å². The van der Waals surface area contributed by atoms with E-state index in [1.165, 1.54) is 13.8 Å². The Morgan fingerprint density at radius 1 is 0.750 bits per heavy atom. The number of nitrogens with one attached hydrogen (secondary N) is 2. The van der Waals surface area contributed by atoms with Crippen LogP contribution in [0.2, 0.25) is 0 Å². The largest absolute Gasteiger partial charge is 0.478 e. The fourth-order valence-corrected chi connectivity index (χ4v) is 1.50. The SMILES string of the molecule is CC(=O)NCC/C(C(=O)O)=C(/CCNC(C)=O)C(=O)O. The van der Waals surface area contributed by atoms with E-state index in [1.54, 1.807) is 0 Å². The van der Waals surface area contributed by atoms with Gasteiger partial charge in [-0.25, -0.2) is 9.59 Å². The van der Waals surface area contributed by atoms with E-state index in [2.05, 4.69) is 10.6 Å². The second-order valence-electron chi connectivity index (χ2n) is 4.03. The Bertz CT molecular complexity index is 401. The summed E-state index contributed by atoms with van der Waals surface area (Å²) >= 11 is 0. The smallest absolute Gasteiger partial charge is 0.332 e. The molecular weight excluding hydrogens is 268 g/mol. The van der Waals surface area contributed by atoms with Gasteiger partial charge in [0.15, 0.2) is 0 Å². The topological polar surface area (TPSA) is 133 Å². The third kappa shape index (κ3) is 7.14. The standard InChI is InChI=1S/C12H18N2O6/c1-7(15)13-5-3-9(11(17)18)10(12(19)20)4-6-14-8(2)16/h3-6H2,1-2H3,(H,13,15)(H,14,16)(H,17,18)(H,19,20)/b10-9+. The minimum Gasteiger partial charge on any atom is -0.478 e. The van der Waals surface area contributed by atoms with Crippen LogP contribution in [0.1, 0.15) is 26.7 Å². The summed E-state index contributed by atoms with van der Waals surface area (Å²) in [6, 6.07) is 0. The van der Waals surface area contributed by atoms with Gasteiger partial charge in [0.1, 0.15) is 0 Å². The van der Waals surface area contributed by atoms with E-state index >= 15 is 0 Å². The number of rotatable bonds is 8. The average Bonchev–Trinajstić information content (AvgIpc) is 2.29. The molecule has 0 atom stereocenters. The molecule has 0 saturated heterocycles. The molecule has 0 aliphatic carbocycles. The third-order valence-electron chi connectivity index (χ3n) is 2.38. The Morgan fingerprint density at radius 2 is 1.05 bits per heavy atom. The van der Waals surface area contributed by atoms with Crippen LogP contribution >= 0.6 is 0 Å². The van der Waals surface area contributed by atoms with Crippen molar-refractivity contribution in [3.63, 3.8) is 0 Å². The molecule has 8 nitrogen and oxygen atoms in total. The highest BCUT2D eigenvalue weighted by Gasteiger charge is 2.19. The van der Waals surface area contributed by atoms with Gasteiger partial charge in [0.05, 0.1) is 0 Å². The molecule has 0 aromatic carbocycles. The summed E-state index contributed by atoms with van der Waals surface area (Å²) in [7, 11) is 0. The first-order chi connectivity index (χ1) is 9.25. The van der Waals surface area contributed by atoms with Gasteiger partial charge in [-0.15, -0.1) is 0 Å². The first-order valence-electron chi connectivity index (χ1n) is 5.93. The Hall–Kier alpha value is -2.38. The molecule has 0 aromatic rings. The van der Waals surface area contributed by atoms with Gasteiger partial charge in [-0.05, 0) is 12.8 Å². The van der Waals surface area contributed by atoms with Gasteiger partial charge >= 0.3 is 11.9 Å². The maximum atomic E-state index is 11.1. The molecule has 0 unspecified atom stereocenters. The highest BCUT2D eigenvalue weighted by molar-refractivity contribution is 5.98. The van der Waals surface area contributed by atoms with Crippen molar-refractivity contribution in [1.82, 2.24) is 10.6 Å². The van der Waals surface area contributed by atoms with Gasteiger partial charge in [0.25, 0.3) is 0 Å². The minimum absolute atomic E-state index is 0.0356. The average molecular weight is 286 g/mol. The van der Waals surface area contributed by atoms with Crippen molar-refractivity contribution in [2.45, 2.75) is 26.7 Å². The quantitative estimate of drug-likeness (QED) is 0.445. The van der Waals surface area contributed by atoms with Crippen LogP contribution in [0, 0.1) is 0 Å². The molecule has 0 spiro atoms. The van der Waals surface area contributed by atoms with E-state index < -0.39 is 11.9 Å². The molecule has 0 heterocycles. The summed E-state index contributed by atoms with van der Waals surface area (Å²) in [5.41, 5.74) is -0.562. The molecule has 20 heavy (non-hydrogen) atoms. The summed E-state index contributed by atoms with van der Waals surface area (Å²) in [5, 5.41) is 22.9. The number of carboxylic acids is 2. The summed E-state index contributed by atoms with van der Waals surface area (Å²) < 4.78 is 0. The molecule has 0 aromatic heterocycles. The summed E-state index contributed by atoms with van der Waals surface area (Å²) in [4.78, 5) is 43.6. The number of aliphatic carboxylic acids is 2. The van der Waals surface area contributed by atoms with Gasteiger partial charge in [0.2, 0.25) is 11.8 Å². The van der Waals surface area contributed by atoms with Crippen LogP contribution in [0.5, 0.6) is 0 Å². The number of hydrogen-bond donors (Lipinski definition) is 4. The van der Waals surface area contributed by atoms with Crippen LogP contribution in [-0.2, 0) is 19.2 Å². The molecule has 0 fully saturated rings. The summed E-state index contributed by atoms with van der Waals surface area (Å²) in [6.07, 6.45) is -0.201. The molecule has 0 saturated carbocycles. The van der Waals surface area contributed by atoms with Gasteiger partial charge in [-0.1, -0.05) is 0 Å². The summed E-state index contributed by atoms with van der Waals surface area (Å²) in [6.45, 7) is 2.62. The predicted molar refractivity (Wildman–Crippen MR) is 68.9 cm³/mol. The van der Waals surface area contributed by atoms with E-state index in [-0.39, 0.29) is 48.9 Å². The van der Waals surface area contributed by atoms with Crippen molar-refractivity contribution in [2.75, 3.05) is 13.1 Å². The van der Waals surface area contributed by atoms with Gasteiger partial charge in [-0.2, -0.15) is 0 Å². The number of carbonyl (C=O) groups is 4. The number of amides is 2. The lowest BCUT2D eigenvalue weighted by Crippen LogP contribution is -2.25. The zero-order chi connectivity index (χ0) is 15.7. The normalized spacial score (nSPS) is 11.3. The highest BCUT2D eigenvalue weighted by Crippen LogP contribution is 2.13. The number of hydrogen-bond acceptors (Lipinski definition) is 4. The lowest BCUT2D eigenvalue weighted by Gasteiger charge is -2.10. The minimum atomic E-state index is -1.35. The second kappa shape index (κ2) is 8.68. The maximum absolute atomic E-state index is 11.1. The Balaban J connectivity index is 4.93. The van der Waals surface area contributed by atoms with Gasteiger partial charge < -0.3 is 20.8 Å². The van der Waals surface area contributed by atoms with Crippen molar-refractivity contribution in [3.8, 4) is 0 Å². The van der Waals surface area contributed by atoms with Crippen LogP contribution in [0.4, 0.5) is 0 Å². The fourth-order valence-electron chi connectivity index (χ4n) is 1.50. The van der Waals surface area contributed by atoms with Crippen molar-refractivity contribution in [3.05, 3.63) is 11.1 Å². The van der Waals surface area contributed by atoms with Crippen molar-refractivity contribution < 1.29 is 29.4 Å².